The van der Waals surface area contributed by atoms with Gasteiger partial charge < -0.3 is 15.0 Å². The highest BCUT2D eigenvalue weighted by Gasteiger charge is 2.37. The van der Waals surface area contributed by atoms with Gasteiger partial charge in [-0.3, -0.25) is 9.59 Å². The van der Waals surface area contributed by atoms with E-state index in [2.05, 4.69) is 5.32 Å². The van der Waals surface area contributed by atoms with Crippen LogP contribution in [0.3, 0.4) is 0 Å². The summed E-state index contributed by atoms with van der Waals surface area (Å²) < 4.78 is 19.1. The number of nitrogens with one attached hydrogen (secondary N) is 1. The molecule has 1 aromatic rings. The van der Waals surface area contributed by atoms with Crippen LogP contribution in [0, 0.1) is 5.82 Å². The highest BCUT2D eigenvalue weighted by Crippen LogP contribution is 2.23. The largest absolute Gasteiger partial charge is 0.494 e. The van der Waals surface area contributed by atoms with Crippen LogP contribution in [0.4, 0.5) is 4.39 Å². The molecule has 0 aliphatic carbocycles. The Bertz CT molecular complexity index is 562. The lowest BCUT2D eigenvalue weighted by Gasteiger charge is -2.37. The van der Waals surface area contributed by atoms with Crippen molar-refractivity contribution in [2.45, 2.75) is 38.9 Å². The van der Waals surface area contributed by atoms with E-state index in [9.17, 15) is 14.0 Å². The lowest BCUT2D eigenvalue weighted by Crippen LogP contribution is -2.61. The summed E-state index contributed by atoms with van der Waals surface area (Å²) >= 11 is 0. The van der Waals surface area contributed by atoms with E-state index in [1.165, 1.54) is 18.1 Å². The van der Waals surface area contributed by atoms with E-state index in [1.54, 1.807) is 19.1 Å². The van der Waals surface area contributed by atoms with E-state index >= 15 is 0 Å². The number of ether oxygens (including phenoxy) is 1. The SMILES string of the molecule is CCC1NC(=O)C(C)N(Cc2cccc(OC)c2F)C1=O. The monoisotopic (exact) mass is 294 g/mol. The molecule has 6 heteroatoms. The number of carbonyl (C=O) groups is 2. The molecule has 0 radical (unpaired) electrons. The summed E-state index contributed by atoms with van der Waals surface area (Å²) in [5.41, 5.74) is 0.333. The fourth-order valence-corrected chi connectivity index (χ4v) is 2.40. The molecule has 1 fully saturated rings. The maximum absolute atomic E-state index is 14.2. The minimum atomic E-state index is -0.620. The van der Waals surface area contributed by atoms with Gasteiger partial charge in [0, 0.05) is 12.1 Å². The van der Waals surface area contributed by atoms with Crippen molar-refractivity contribution in [1.29, 1.82) is 0 Å². The Hall–Kier alpha value is -2.11. The summed E-state index contributed by atoms with van der Waals surface area (Å²) in [6.07, 6.45) is 0.508. The standard InChI is InChI=1S/C15H19FN2O3/c1-4-11-15(20)18(9(2)14(19)17-11)8-10-6-5-7-12(21-3)13(10)16/h5-7,9,11H,4,8H2,1-3H3,(H,17,19). The average Bonchev–Trinajstić information content (AvgIpc) is 2.49. The van der Waals surface area contributed by atoms with E-state index in [4.69, 9.17) is 4.74 Å². The molecule has 0 saturated carbocycles. The maximum atomic E-state index is 14.2. The molecule has 1 N–H and O–H groups in total. The zero-order chi connectivity index (χ0) is 15.6. The van der Waals surface area contributed by atoms with E-state index in [-0.39, 0.29) is 24.1 Å². The summed E-state index contributed by atoms with van der Waals surface area (Å²) in [7, 11) is 1.39. The first kappa shape index (κ1) is 15.3. The molecule has 2 unspecified atom stereocenters. The lowest BCUT2D eigenvalue weighted by atomic mass is 10.0. The molecule has 1 aromatic carbocycles. The first-order valence-electron chi connectivity index (χ1n) is 6.91. The highest BCUT2D eigenvalue weighted by molar-refractivity contribution is 5.96. The Kier molecular flexibility index (Phi) is 4.45. The van der Waals surface area contributed by atoms with Crippen molar-refractivity contribution in [3.63, 3.8) is 0 Å². The van der Waals surface area contributed by atoms with E-state index < -0.39 is 17.9 Å². The number of carbonyl (C=O) groups excluding carboxylic acids is 2. The topological polar surface area (TPSA) is 58.6 Å². The molecule has 2 amide bonds. The Morgan fingerprint density at radius 1 is 1.38 bits per heavy atom. The van der Waals surface area contributed by atoms with Gasteiger partial charge in [0.05, 0.1) is 7.11 Å². The molecule has 2 rings (SSSR count). The van der Waals surface area contributed by atoms with Gasteiger partial charge in [0.1, 0.15) is 12.1 Å². The van der Waals surface area contributed by atoms with Crippen molar-refractivity contribution >= 4 is 11.8 Å². The number of piperazine rings is 1. The van der Waals surface area contributed by atoms with Gasteiger partial charge >= 0.3 is 0 Å². The zero-order valence-corrected chi connectivity index (χ0v) is 12.4. The summed E-state index contributed by atoms with van der Waals surface area (Å²) in [5, 5.41) is 2.67. The molecule has 2 atom stereocenters. The smallest absolute Gasteiger partial charge is 0.246 e. The van der Waals surface area contributed by atoms with Gasteiger partial charge in [0.15, 0.2) is 11.6 Å². The number of halogens is 1. The molecule has 1 heterocycles. The molecule has 1 aliphatic rings. The van der Waals surface area contributed by atoms with Crippen LogP contribution < -0.4 is 10.1 Å². The van der Waals surface area contributed by atoms with Gasteiger partial charge in [-0.2, -0.15) is 0 Å². The van der Waals surface area contributed by atoms with Gasteiger partial charge in [0.2, 0.25) is 11.8 Å². The summed E-state index contributed by atoms with van der Waals surface area (Å²) in [4.78, 5) is 25.6. The predicted octanol–water partition coefficient (Wildman–Crippen LogP) is 1.46. The fraction of sp³-hybridized carbons (Fsp3) is 0.467. The molecule has 0 aromatic heterocycles. The highest BCUT2D eigenvalue weighted by atomic mass is 19.1. The van der Waals surface area contributed by atoms with Crippen LogP contribution in [0.1, 0.15) is 25.8 Å². The van der Waals surface area contributed by atoms with Gasteiger partial charge in [0.25, 0.3) is 0 Å². The third-order valence-corrected chi connectivity index (χ3v) is 3.76. The maximum Gasteiger partial charge on any atom is 0.246 e. The zero-order valence-electron chi connectivity index (χ0n) is 12.4. The first-order chi connectivity index (χ1) is 9.99. The van der Waals surface area contributed by atoms with Crippen molar-refractivity contribution in [1.82, 2.24) is 10.2 Å². The second kappa shape index (κ2) is 6.11. The van der Waals surface area contributed by atoms with Gasteiger partial charge in [-0.15, -0.1) is 0 Å². The Morgan fingerprint density at radius 3 is 2.71 bits per heavy atom. The molecule has 1 saturated heterocycles. The molecule has 0 bridgehead atoms. The number of benzene rings is 1. The number of rotatable bonds is 4. The van der Waals surface area contributed by atoms with Crippen LogP contribution in [0.5, 0.6) is 5.75 Å². The molecule has 114 valence electrons. The normalized spacial score (nSPS) is 22.2. The van der Waals surface area contributed by atoms with E-state index in [1.807, 2.05) is 6.92 Å². The second-order valence-corrected chi connectivity index (χ2v) is 5.04. The number of amides is 2. The second-order valence-electron chi connectivity index (χ2n) is 5.04. The minimum absolute atomic E-state index is 0.0486. The average molecular weight is 294 g/mol. The Balaban J connectivity index is 2.28. The Labute approximate surface area is 123 Å². The third-order valence-electron chi connectivity index (χ3n) is 3.76. The summed E-state index contributed by atoms with van der Waals surface area (Å²) in [5.74, 6) is -0.781. The molecule has 5 nitrogen and oxygen atoms in total. The van der Waals surface area contributed by atoms with Crippen LogP contribution in [0.2, 0.25) is 0 Å². The van der Waals surface area contributed by atoms with Crippen LogP contribution >= 0.6 is 0 Å². The van der Waals surface area contributed by atoms with Crippen molar-refractivity contribution in [2.75, 3.05) is 7.11 Å². The molecule has 21 heavy (non-hydrogen) atoms. The summed E-state index contributed by atoms with van der Waals surface area (Å²) in [6, 6.07) is 3.61. The predicted molar refractivity (Wildman–Crippen MR) is 75.2 cm³/mol. The number of methoxy groups -OCH3 is 1. The van der Waals surface area contributed by atoms with Crippen molar-refractivity contribution in [3.8, 4) is 5.75 Å². The number of nitrogens with zero attached hydrogens (tertiary/aromatic N) is 1. The van der Waals surface area contributed by atoms with Crippen molar-refractivity contribution in [3.05, 3.63) is 29.6 Å². The minimum Gasteiger partial charge on any atom is -0.494 e. The van der Waals surface area contributed by atoms with Crippen LogP contribution in [-0.2, 0) is 16.1 Å². The molecule has 0 spiro atoms. The number of hydrogen-bond donors (Lipinski definition) is 1. The lowest BCUT2D eigenvalue weighted by molar-refractivity contribution is -0.149. The molecule has 1 aliphatic heterocycles. The fourth-order valence-electron chi connectivity index (χ4n) is 2.40. The third kappa shape index (κ3) is 2.84. The van der Waals surface area contributed by atoms with Gasteiger partial charge in [-0.25, -0.2) is 4.39 Å². The van der Waals surface area contributed by atoms with E-state index in [0.717, 1.165) is 0 Å². The first-order valence-corrected chi connectivity index (χ1v) is 6.91. The molecular weight excluding hydrogens is 275 g/mol. The van der Waals surface area contributed by atoms with E-state index in [0.29, 0.717) is 12.0 Å². The Morgan fingerprint density at radius 2 is 2.10 bits per heavy atom. The van der Waals surface area contributed by atoms with Crippen molar-refractivity contribution < 1.29 is 18.7 Å². The van der Waals surface area contributed by atoms with Gasteiger partial charge in [-0.05, 0) is 19.4 Å². The quantitative estimate of drug-likeness (QED) is 0.914. The van der Waals surface area contributed by atoms with Crippen LogP contribution in [0.25, 0.3) is 0 Å². The van der Waals surface area contributed by atoms with Crippen molar-refractivity contribution in [2.24, 2.45) is 0 Å². The number of hydrogen-bond acceptors (Lipinski definition) is 3. The molecular formula is C15H19FN2O3. The van der Waals surface area contributed by atoms with Crippen LogP contribution in [-0.4, -0.2) is 35.9 Å². The summed E-state index contributed by atoms with van der Waals surface area (Å²) in [6.45, 7) is 3.51. The van der Waals surface area contributed by atoms with Crippen LogP contribution in [0.15, 0.2) is 18.2 Å². The van der Waals surface area contributed by atoms with Gasteiger partial charge in [-0.1, -0.05) is 19.1 Å².